The number of esters is 1. The van der Waals surface area contributed by atoms with Crippen molar-refractivity contribution in [3.63, 3.8) is 0 Å². The molecule has 1 atom stereocenters. The highest BCUT2D eigenvalue weighted by Crippen LogP contribution is 2.27. The predicted molar refractivity (Wildman–Crippen MR) is 68.4 cm³/mol. The van der Waals surface area contributed by atoms with Crippen LogP contribution in [0.3, 0.4) is 0 Å². The molecule has 0 amide bonds. The number of aliphatic hydroxyl groups is 1. The number of ether oxygens (including phenoxy) is 2. The fourth-order valence-electron chi connectivity index (χ4n) is 1.59. The van der Waals surface area contributed by atoms with E-state index in [9.17, 15) is 9.90 Å². The maximum atomic E-state index is 11.6. The molecule has 100 valence electrons. The van der Waals surface area contributed by atoms with Crippen LogP contribution in [0.2, 0.25) is 0 Å². The van der Waals surface area contributed by atoms with Crippen molar-refractivity contribution in [2.75, 3.05) is 7.11 Å². The first kappa shape index (κ1) is 14.5. The summed E-state index contributed by atoms with van der Waals surface area (Å²) in [7, 11) is 1.53. The van der Waals surface area contributed by atoms with Crippen LogP contribution in [0.15, 0.2) is 24.3 Å². The lowest BCUT2D eigenvalue weighted by Crippen LogP contribution is -2.25. The Bertz CT molecular complexity index is 407. The lowest BCUT2D eigenvalue weighted by molar-refractivity contribution is -0.157. The highest BCUT2D eigenvalue weighted by atomic mass is 16.6. The van der Waals surface area contributed by atoms with Crippen molar-refractivity contribution in [2.45, 2.75) is 38.9 Å². The van der Waals surface area contributed by atoms with Gasteiger partial charge in [0, 0.05) is 5.56 Å². The van der Waals surface area contributed by atoms with Crippen LogP contribution in [-0.4, -0.2) is 23.8 Å². The summed E-state index contributed by atoms with van der Waals surface area (Å²) in [5.74, 6) is 0.134. The van der Waals surface area contributed by atoms with E-state index in [1.165, 1.54) is 7.11 Å². The molecule has 0 radical (unpaired) electrons. The Morgan fingerprint density at radius 3 is 2.50 bits per heavy atom. The highest BCUT2D eigenvalue weighted by Gasteiger charge is 2.21. The standard InChI is InChI=1S/C14H20O4/c1-14(2,3)18-13(16)9-11(15)10-7-5-6-8-12(10)17-4/h5-8,11,15H,9H2,1-4H3. The Labute approximate surface area is 108 Å². The van der Waals surface area contributed by atoms with Crippen LogP contribution in [-0.2, 0) is 9.53 Å². The number of methoxy groups -OCH3 is 1. The van der Waals surface area contributed by atoms with Crippen molar-refractivity contribution in [2.24, 2.45) is 0 Å². The zero-order chi connectivity index (χ0) is 13.8. The molecule has 1 unspecified atom stereocenters. The minimum Gasteiger partial charge on any atom is -0.496 e. The molecule has 1 aromatic rings. The molecular formula is C14H20O4. The molecule has 4 heteroatoms. The summed E-state index contributed by atoms with van der Waals surface area (Å²) >= 11 is 0. The molecule has 1 rings (SSSR count). The average molecular weight is 252 g/mol. The van der Waals surface area contributed by atoms with Gasteiger partial charge >= 0.3 is 5.97 Å². The molecule has 18 heavy (non-hydrogen) atoms. The third-order valence-corrected chi connectivity index (χ3v) is 2.28. The van der Waals surface area contributed by atoms with Crippen molar-refractivity contribution in [3.8, 4) is 5.75 Å². The number of hydrogen-bond acceptors (Lipinski definition) is 4. The highest BCUT2D eigenvalue weighted by molar-refractivity contribution is 5.71. The monoisotopic (exact) mass is 252 g/mol. The zero-order valence-electron chi connectivity index (χ0n) is 11.3. The number of aliphatic hydroxyl groups excluding tert-OH is 1. The molecule has 0 aromatic heterocycles. The van der Waals surface area contributed by atoms with E-state index in [4.69, 9.17) is 9.47 Å². The van der Waals surface area contributed by atoms with Crippen molar-refractivity contribution < 1.29 is 19.4 Å². The van der Waals surface area contributed by atoms with E-state index in [-0.39, 0.29) is 6.42 Å². The van der Waals surface area contributed by atoms with E-state index < -0.39 is 17.7 Å². The van der Waals surface area contributed by atoms with E-state index in [2.05, 4.69) is 0 Å². The number of rotatable bonds is 4. The smallest absolute Gasteiger partial charge is 0.309 e. The van der Waals surface area contributed by atoms with Crippen LogP contribution in [0.1, 0.15) is 38.9 Å². The second-order valence-corrected chi connectivity index (χ2v) is 5.05. The van der Waals surface area contributed by atoms with Gasteiger partial charge in [-0.2, -0.15) is 0 Å². The maximum absolute atomic E-state index is 11.6. The van der Waals surface area contributed by atoms with Gasteiger partial charge in [-0.25, -0.2) is 0 Å². The summed E-state index contributed by atoms with van der Waals surface area (Å²) in [6, 6.07) is 7.07. The third-order valence-electron chi connectivity index (χ3n) is 2.28. The Balaban J connectivity index is 2.70. The van der Waals surface area contributed by atoms with E-state index in [0.717, 1.165) is 0 Å². The van der Waals surface area contributed by atoms with Crippen LogP contribution in [0.5, 0.6) is 5.75 Å². The lowest BCUT2D eigenvalue weighted by atomic mass is 10.1. The molecule has 0 saturated carbocycles. The minimum absolute atomic E-state index is 0.0857. The van der Waals surface area contributed by atoms with Gasteiger partial charge in [-0.3, -0.25) is 4.79 Å². The van der Waals surface area contributed by atoms with E-state index >= 15 is 0 Å². The Morgan fingerprint density at radius 1 is 1.33 bits per heavy atom. The fraction of sp³-hybridized carbons (Fsp3) is 0.500. The second-order valence-electron chi connectivity index (χ2n) is 5.05. The normalized spacial score (nSPS) is 12.9. The van der Waals surface area contributed by atoms with Crippen LogP contribution in [0.4, 0.5) is 0 Å². The van der Waals surface area contributed by atoms with Gasteiger partial charge in [-0.05, 0) is 26.8 Å². The minimum atomic E-state index is -0.920. The van der Waals surface area contributed by atoms with Crippen molar-refractivity contribution in [1.29, 1.82) is 0 Å². The van der Waals surface area contributed by atoms with E-state index in [0.29, 0.717) is 11.3 Å². The van der Waals surface area contributed by atoms with Gasteiger partial charge < -0.3 is 14.6 Å². The molecular weight excluding hydrogens is 232 g/mol. The van der Waals surface area contributed by atoms with Gasteiger partial charge in [0.05, 0.1) is 19.6 Å². The van der Waals surface area contributed by atoms with Crippen molar-refractivity contribution in [3.05, 3.63) is 29.8 Å². The molecule has 0 fully saturated rings. The maximum Gasteiger partial charge on any atom is 0.309 e. The molecule has 0 aliphatic carbocycles. The van der Waals surface area contributed by atoms with Crippen molar-refractivity contribution in [1.82, 2.24) is 0 Å². The fourth-order valence-corrected chi connectivity index (χ4v) is 1.59. The Hall–Kier alpha value is -1.55. The van der Waals surface area contributed by atoms with Gasteiger partial charge in [0.25, 0.3) is 0 Å². The number of para-hydroxylation sites is 1. The molecule has 0 bridgehead atoms. The Kier molecular flexibility index (Phi) is 4.73. The molecule has 0 aliphatic heterocycles. The summed E-state index contributed by atoms with van der Waals surface area (Å²) in [5.41, 5.74) is 0.0447. The predicted octanol–water partition coefficient (Wildman–Crippen LogP) is 2.46. The molecule has 1 aromatic carbocycles. The quantitative estimate of drug-likeness (QED) is 0.836. The SMILES string of the molecule is COc1ccccc1C(O)CC(=O)OC(C)(C)C. The summed E-state index contributed by atoms with van der Waals surface area (Å²) < 4.78 is 10.3. The number of carbonyl (C=O) groups excluding carboxylic acids is 1. The first-order valence-electron chi connectivity index (χ1n) is 5.86. The summed E-state index contributed by atoms with van der Waals surface area (Å²) in [6.07, 6.45) is -1.01. The summed E-state index contributed by atoms with van der Waals surface area (Å²) in [5, 5.41) is 10.0. The largest absolute Gasteiger partial charge is 0.496 e. The summed E-state index contributed by atoms with van der Waals surface area (Å²) in [6.45, 7) is 5.38. The molecule has 0 aliphatic rings. The van der Waals surface area contributed by atoms with Crippen molar-refractivity contribution >= 4 is 5.97 Å². The average Bonchev–Trinajstić information content (AvgIpc) is 2.26. The lowest BCUT2D eigenvalue weighted by Gasteiger charge is -2.21. The molecule has 0 saturated heterocycles. The van der Waals surface area contributed by atoms with Crippen LogP contribution in [0.25, 0.3) is 0 Å². The van der Waals surface area contributed by atoms with Crippen LogP contribution >= 0.6 is 0 Å². The Morgan fingerprint density at radius 2 is 1.94 bits per heavy atom. The molecule has 1 N–H and O–H groups in total. The number of carbonyl (C=O) groups is 1. The number of benzene rings is 1. The third kappa shape index (κ3) is 4.37. The van der Waals surface area contributed by atoms with Gasteiger partial charge in [-0.1, -0.05) is 18.2 Å². The van der Waals surface area contributed by atoms with Crippen LogP contribution < -0.4 is 4.74 Å². The molecule has 0 spiro atoms. The molecule has 4 nitrogen and oxygen atoms in total. The first-order valence-corrected chi connectivity index (χ1v) is 5.86. The second kappa shape index (κ2) is 5.87. The first-order chi connectivity index (χ1) is 8.33. The van der Waals surface area contributed by atoms with Gasteiger partial charge in [-0.15, -0.1) is 0 Å². The zero-order valence-corrected chi connectivity index (χ0v) is 11.3. The van der Waals surface area contributed by atoms with Gasteiger partial charge in [0.15, 0.2) is 0 Å². The number of hydrogen-bond donors (Lipinski definition) is 1. The topological polar surface area (TPSA) is 55.8 Å². The van der Waals surface area contributed by atoms with E-state index in [1.54, 1.807) is 39.0 Å². The van der Waals surface area contributed by atoms with Gasteiger partial charge in [0.2, 0.25) is 0 Å². The van der Waals surface area contributed by atoms with Crippen LogP contribution in [0, 0.1) is 0 Å². The van der Waals surface area contributed by atoms with Gasteiger partial charge in [0.1, 0.15) is 11.4 Å². The van der Waals surface area contributed by atoms with E-state index in [1.807, 2.05) is 6.07 Å². The summed E-state index contributed by atoms with van der Waals surface area (Å²) in [4.78, 5) is 11.6. The molecule has 0 heterocycles.